The van der Waals surface area contributed by atoms with E-state index in [0.717, 1.165) is 36.1 Å². The number of nitrogen functional groups attached to an aromatic ring is 1. The number of rotatable bonds is 2. The highest BCUT2D eigenvalue weighted by Gasteiger charge is 2.22. The third-order valence-corrected chi connectivity index (χ3v) is 4.16. The van der Waals surface area contributed by atoms with E-state index in [4.69, 9.17) is 10.5 Å². The Hall–Kier alpha value is -1.03. The van der Waals surface area contributed by atoms with Crippen molar-refractivity contribution in [2.24, 2.45) is 5.92 Å². The first-order valence-corrected chi connectivity index (χ1v) is 7.11. The normalized spacial score (nSPS) is 23.7. The van der Waals surface area contributed by atoms with Crippen LogP contribution in [0.15, 0.2) is 22.7 Å². The SMILES string of the molecule is CC1CCC(OC(=O)c2ccc(N)c(Br)c2)CC1. The second-order valence-corrected chi connectivity index (χ2v) is 5.88. The topological polar surface area (TPSA) is 52.3 Å². The van der Waals surface area contributed by atoms with E-state index in [0.29, 0.717) is 11.3 Å². The first kappa shape index (κ1) is 13.4. The maximum Gasteiger partial charge on any atom is 0.338 e. The van der Waals surface area contributed by atoms with Gasteiger partial charge in [-0.1, -0.05) is 6.92 Å². The van der Waals surface area contributed by atoms with Crippen molar-refractivity contribution in [1.29, 1.82) is 0 Å². The molecule has 0 spiro atoms. The van der Waals surface area contributed by atoms with Crippen LogP contribution in [0.2, 0.25) is 0 Å². The Labute approximate surface area is 116 Å². The lowest BCUT2D eigenvalue weighted by molar-refractivity contribution is 0.0174. The number of nitrogens with two attached hydrogens (primary N) is 1. The van der Waals surface area contributed by atoms with Crippen molar-refractivity contribution >= 4 is 27.6 Å². The summed E-state index contributed by atoms with van der Waals surface area (Å²) in [6.07, 6.45) is 4.31. The molecule has 1 aliphatic carbocycles. The summed E-state index contributed by atoms with van der Waals surface area (Å²) in [5.41, 5.74) is 6.86. The number of anilines is 1. The molecule has 0 atom stereocenters. The smallest absolute Gasteiger partial charge is 0.338 e. The van der Waals surface area contributed by atoms with Gasteiger partial charge in [0.1, 0.15) is 6.10 Å². The van der Waals surface area contributed by atoms with Crippen molar-refractivity contribution in [3.05, 3.63) is 28.2 Å². The van der Waals surface area contributed by atoms with E-state index in [-0.39, 0.29) is 12.1 Å². The molecule has 2 rings (SSSR count). The maximum absolute atomic E-state index is 12.0. The first-order chi connectivity index (χ1) is 8.56. The fourth-order valence-corrected chi connectivity index (χ4v) is 2.60. The number of benzene rings is 1. The van der Waals surface area contributed by atoms with Crippen molar-refractivity contribution in [3.63, 3.8) is 0 Å². The quantitative estimate of drug-likeness (QED) is 0.668. The van der Waals surface area contributed by atoms with Gasteiger partial charge in [0, 0.05) is 10.2 Å². The average molecular weight is 312 g/mol. The average Bonchev–Trinajstić information content (AvgIpc) is 2.35. The molecule has 1 aliphatic rings. The number of hydrogen-bond acceptors (Lipinski definition) is 3. The number of halogens is 1. The van der Waals surface area contributed by atoms with Crippen molar-refractivity contribution in [2.75, 3.05) is 5.73 Å². The minimum Gasteiger partial charge on any atom is -0.459 e. The molecular weight excluding hydrogens is 294 g/mol. The van der Waals surface area contributed by atoms with Gasteiger partial charge in [0.25, 0.3) is 0 Å². The van der Waals surface area contributed by atoms with Crippen LogP contribution in [0.3, 0.4) is 0 Å². The van der Waals surface area contributed by atoms with Crippen molar-refractivity contribution < 1.29 is 9.53 Å². The summed E-state index contributed by atoms with van der Waals surface area (Å²) in [7, 11) is 0. The predicted octanol–water partition coefficient (Wildman–Crippen LogP) is 3.77. The highest BCUT2D eigenvalue weighted by molar-refractivity contribution is 9.10. The Balaban J connectivity index is 1.97. The van der Waals surface area contributed by atoms with E-state index in [1.807, 2.05) is 0 Å². The van der Waals surface area contributed by atoms with Crippen LogP contribution in [0.25, 0.3) is 0 Å². The van der Waals surface area contributed by atoms with Gasteiger partial charge < -0.3 is 10.5 Å². The summed E-state index contributed by atoms with van der Waals surface area (Å²) in [5, 5.41) is 0. The van der Waals surface area contributed by atoms with Gasteiger partial charge in [-0.25, -0.2) is 4.79 Å². The maximum atomic E-state index is 12.0. The largest absolute Gasteiger partial charge is 0.459 e. The lowest BCUT2D eigenvalue weighted by Gasteiger charge is -2.26. The highest BCUT2D eigenvalue weighted by atomic mass is 79.9. The molecule has 98 valence electrons. The van der Waals surface area contributed by atoms with Gasteiger partial charge >= 0.3 is 5.97 Å². The van der Waals surface area contributed by atoms with Gasteiger partial charge in [-0.2, -0.15) is 0 Å². The molecule has 1 aromatic carbocycles. The van der Waals surface area contributed by atoms with Gasteiger partial charge in [0.2, 0.25) is 0 Å². The number of esters is 1. The summed E-state index contributed by atoms with van der Waals surface area (Å²) in [5.74, 6) is 0.501. The van der Waals surface area contributed by atoms with Crippen LogP contribution in [0.4, 0.5) is 5.69 Å². The van der Waals surface area contributed by atoms with Gasteiger partial charge in [0.05, 0.1) is 5.56 Å². The summed E-state index contributed by atoms with van der Waals surface area (Å²) < 4.78 is 6.25. The Morgan fingerprint density at radius 3 is 2.61 bits per heavy atom. The van der Waals surface area contributed by atoms with E-state index in [1.165, 1.54) is 0 Å². The van der Waals surface area contributed by atoms with Crippen LogP contribution < -0.4 is 5.73 Å². The zero-order chi connectivity index (χ0) is 13.1. The molecule has 3 nitrogen and oxygen atoms in total. The molecule has 0 aromatic heterocycles. The second-order valence-electron chi connectivity index (χ2n) is 5.02. The van der Waals surface area contributed by atoms with Gasteiger partial charge in [-0.15, -0.1) is 0 Å². The molecule has 0 amide bonds. The molecular formula is C14H18BrNO2. The summed E-state index contributed by atoms with van der Waals surface area (Å²) >= 11 is 3.31. The molecule has 4 heteroatoms. The monoisotopic (exact) mass is 311 g/mol. The molecule has 0 radical (unpaired) electrons. The number of hydrogen-bond donors (Lipinski definition) is 1. The van der Waals surface area contributed by atoms with Gasteiger partial charge in [-0.05, 0) is 65.7 Å². The third kappa shape index (κ3) is 3.25. The third-order valence-electron chi connectivity index (χ3n) is 3.47. The summed E-state index contributed by atoms with van der Waals surface area (Å²) in [6.45, 7) is 2.25. The summed E-state index contributed by atoms with van der Waals surface area (Å²) in [6, 6.07) is 5.13. The molecule has 1 saturated carbocycles. The zero-order valence-electron chi connectivity index (χ0n) is 10.5. The van der Waals surface area contributed by atoms with E-state index >= 15 is 0 Å². The van der Waals surface area contributed by atoms with Crippen LogP contribution in [-0.4, -0.2) is 12.1 Å². The Morgan fingerprint density at radius 1 is 1.33 bits per heavy atom. The fourth-order valence-electron chi connectivity index (χ4n) is 2.22. The first-order valence-electron chi connectivity index (χ1n) is 6.32. The summed E-state index contributed by atoms with van der Waals surface area (Å²) in [4.78, 5) is 12.0. The van der Waals surface area contributed by atoms with Crippen LogP contribution in [0.5, 0.6) is 0 Å². The zero-order valence-corrected chi connectivity index (χ0v) is 12.1. The van der Waals surface area contributed by atoms with E-state index in [1.54, 1.807) is 18.2 Å². The molecule has 1 aromatic rings. The molecule has 0 saturated heterocycles. The lowest BCUT2D eigenvalue weighted by atomic mass is 9.89. The molecule has 2 N–H and O–H groups in total. The van der Waals surface area contributed by atoms with Crippen molar-refractivity contribution in [2.45, 2.75) is 38.7 Å². The Morgan fingerprint density at radius 2 is 2.00 bits per heavy atom. The van der Waals surface area contributed by atoms with E-state index in [9.17, 15) is 4.79 Å². The molecule has 18 heavy (non-hydrogen) atoms. The van der Waals surface area contributed by atoms with Crippen LogP contribution >= 0.6 is 15.9 Å². The molecule has 0 heterocycles. The highest BCUT2D eigenvalue weighted by Crippen LogP contribution is 2.27. The molecule has 1 fully saturated rings. The standard InChI is InChI=1S/C14H18BrNO2/c1-9-2-5-11(6-3-9)18-14(17)10-4-7-13(16)12(15)8-10/h4,7-9,11H,2-3,5-6,16H2,1H3. The lowest BCUT2D eigenvalue weighted by Crippen LogP contribution is -2.23. The second kappa shape index (κ2) is 5.74. The van der Waals surface area contributed by atoms with E-state index < -0.39 is 0 Å². The van der Waals surface area contributed by atoms with E-state index in [2.05, 4.69) is 22.9 Å². The Kier molecular flexibility index (Phi) is 4.27. The van der Waals surface area contributed by atoms with Crippen LogP contribution in [-0.2, 0) is 4.74 Å². The van der Waals surface area contributed by atoms with Crippen molar-refractivity contribution in [3.8, 4) is 0 Å². The predicted molar refractivity (Wildman–Crippen MR) is 75.4 cm³/mol. The number of ether oxygens (including phenoxy) is 1. The Bertz CT molecular complexity index is 439. The van der Waals surface area contributed by atoms with Crippen molar-refractivity contribution in [1.82, 2.24) is 0 Å². The fraction of sp³-hybridized carbons (Fsp3) is 0.500. The van der Waals surface area contributed by atoms with Crippen LogP contribution in [0.1, 0.15) is 43.0 Å². The van der Waals surface area contributed by atoms with Gasteiger partial charge in [-0.3, -0.25) is 0 Å². The molecule has 0 unspecified atom stereocenters. The minimum absolute atomic E-state index is 0.0741. The van der Waals surface area contributed by atoms with Crippen LogP contribution in [0, 0.1) is 5.92 Å². The van der Waals surface area contributed by atoms with Gasteiger partial charge in [0.15, 0.2) is 0 Å². The molecule has 0 bridgehead atoms. The minimum atomic E-state index is -0.254. The molecule has 0 aliphatic heterocycles. The number of carbonyl (C=O) groups excluding carboxylic acids is 1. The number of carbonyl (C=O) groups is 1.